The first kappa shape index (κ1) is 15.2. The quantitative estimate of drug-likeness (QED) is 0.799. The van der Waals surface area contributed by atoms with E-state index in [1.807, 2.05) is 6.07 Å². The van der Waals surface area contributed by atoms with Crippen LogP contribution >= 0.6 is 0 Å². The van der Waals surface area contributed by atoms with E-state index < -0.39 is 0 Å². The molecule has 1 aliphatic rings. The SMILES string of the molecule is CCCCCCn1c(CCN)nc2cc3c(cc21)OCCO3. The number of aryl methyl sites for hydroxylation is 1. The molecule has 0 saturated heterocycles. The molecule has 0 saturated carbocycles. The van der Waals surface area contributed by atoms with Crippen molar-refractivity contribution in [3.05, 3.63) is 18.0 Å². The first-order chi connectivity index (χ1) is 10.8. The van der Waals surface area contributed by atoms with Crippen LogP contribution in [0.15, 0.2) is 12.1 Å². The van der Waals surface area contributed by atoms with Crippen molar-refractivity contribution in [1.29, 1.82) is 0 Å². The van der Waals surface area contributed by atoms with E-state index in [0.29, 0.717) is 19.8 Å². The molecule has 2 aromatic rings. The summed E-state index contributed by atoms with van der Waals surface area (Å²) in [6, 6.07) is 4.06. The van der Waals surface area contributed by atoms with E-state index in [2.05, 4.69) is 17.6 Å². The van der Waals surface area contributed by atoms with Crippen molar-refractivity contribution in [2.45, 2.75) is 45.6 Å². The molecular formula is C17H25N3O2. The van der Waals surface area contributed by atoms with Gasteiger partial charge in [-0.3, -0.25) is 0 Å². The third kappa shape index (κ3) is 3.04. The average Bonchev–Trinajstić information content (AvgIpc) is 2.86. The second-order valence-electron chi connectivity index (χ2n) is 5.76. The minimum Gasteiger partial charge on any atom is -0.486 e. The number of ether oxygens (including phenoxy) is 2. The highest BCUT2D eigenvalue weighted by atomic mass is 16.6. The van der Waals surface area contributed by atoms with Gasteiger partial charge in [0.15, 0.2) is 11.5 Å². The number of fused-ring (bicyclic) bond motifs is 2. The topological polar surface area (TPSA) is 62.3 Å². The van der Waals surface area contributed by atoms with Gasteiger partial charge in [-0.25, -0.2) is 4.98 Å². The molecule has 0 atom stereocenters. The Hall–Kier alpha value is -1.75. The van der Waals surface area contributed by atoms with Gasteiger partial charge in [0, 0.05) is 25.1 Å². The lowest BCUT2D eigenvalue weighted by Crippen LogP contribution is -2.15. The van der Waals surface area contributed by atoms with Gasteiger partial charge in [0.25, 0.3) is 0 Å². The maximum absolute atomic E-state index is 5.75. The normalized spacial score (nSPS) is 13.7. The molecular weight excluding hydrogens is 278 g/mol. The molecule has 2 heterocycles. The molecule has 1 aliphatic heterocycles. The van der Waals surface area contributed by atoms with Gasteiger partial charge >= 0.3 is 0 Å². The van der Waals surface area contributed by atoms with E-state index in [0.717, 1.165) is 41.3 Å². The zero-order valence-electron chi connectivity index (χ0n) is 13.3. The summed E-state index contributed by atoms with van der Waals surface area (Å²) in [5.41, 5.74) is 7.85. The summed E-state index contributed by atoms with van der Waals surface area (Å²) in [6.07, 6.45) is 5.76. The number of benzene rings is 1. The maximum atomic E-state index is 5.75. The lowest BCUT2D eigenvalue weighted by Gasteiger charge is -2.18. The van der Waals surface area contributed by atoms with Crippen LogP contribution in [0.2, 0.25) is 0 Å². The highest BCUT2D eigenvalue weighted by Gasteiger charge is 2.17. The first-order valence-corrected chi connectivity index (χ1v) is 8.32. The molecule has 0 bridgehead atoms. The molecule has 0 fully saturated rings. The summed E-state index contributed by atoms with van der Waals surface area (Å²) in [5.74, 6) is 2.69. The minimum absolute atomic E-state index is 0.603. The molecule has 1 aromatic carbocycles. The van der Waals surface area contributed by atoms with Gasteiger partial charge in [0.2, 0.25) is 0 Å². The Balaban J connectivity index is 1.93. The van der Waals surface area contributed by atoms with Crippen LogP contribution in [0.3, 0.4) is 0 Å². The average molecular weight is 303 g/mol. The van der Waals surface area contributed by atoms with Crippen molar-refractivity contribution in [3.63, 3.8) is 0 Å². The van der Waals surface area contributed by atoms with Crippen molar-refractivity contribution in [3.8, 4) is 11.5 Å². The summed E-state index contributed by atoms with van der Waals surface area (Å²) in [7, 11) is 0. The molecule has 5 nitrogen and oxygen atoms in total. The smallest absolute Gasteiger partial charge is 0.163 e. The predicted molar refractivity (Wildman–Crippen MR) is 87.6 cm³/mol. The lowest BCUT2D eigenvalue weighted by molar-refractivity contribution is 0.172. The van der Waals surface area contributed by atoms with Crippen molar-refractivity contribution >= 4 is 11.0 Å². The largest absolute Gasteiger partial charge is 0.486 e. The Bertz CT molecular complexity index is 636. The minimum atomic E-state index is 0.603. The maximum Gasteiger partial charge on any atom is 0.163 e. The third-order valence-electron chi connectivity index (χ3n) is 4.09. The molecule has 0 aliphatic carbocycles. The molecule has 0 unspecified atom stereocenters. The van der Waals surface area contributed by atoms with E-state index in [4.69, 9.17) is 20.2 Å². The van der Waals surface area contributed by atoms with Crippen LogP contribution in [0.25, 0.3) is 11.0 Å². The van der Waals surface area contributed by atoms with Crippen molar-refractivity contribution in [2.24, 2.45) is 5.73 Å². The fourth-order valence-corrected chi connectivity index (χ4v) is 2.98. The van der Waals surface area contributed by atoms with Crippen molar-refractivity contribution in [1.82, 2.24) is 9.55 Å². The number of imidazole rings is 1. The number of aromatic nitrogens is 2. The summed E-state index contributed by atoms with van der Waals surface area (Å²) in [5, 5.41) is 0. The standard InChI is InChI=1S/C17H25N3O2/c1-2-3-4-5-8-20-14-12-16-15(21-9-10-22-16)11-13(14)19-17(20)6-7-18/h11-12H,2-10,18H2,1H3. The van der Waals surface area contributed by atoms with Gasteiger partial charge in [-0.05, 0) is 13.0 Å². The molecule has 0 radical (unpaired) electrons. The Morgan fingerprint density at radius 2 is 1.91 bits per heavy atom. The van der Waals surface area contributed by atoms with Gasteiger partial charge < -0.3 is 19.8 Å². The van der Waals surface area contributed by atoms with Crippen molar-refractivity contribution in [2.75, 3.05) is 19.8 Å². The number of unbranched alkanes of at least 4 members (excludes halogenated alkanes) is 3. The summed E-state index contributed by atoms with van der Waals surface area (Å²) >= 11 is 0. The van der Waals surface area contributed by atoms with Crippen LogP contribution in [0.4, 0.5) is 0 Å². The number of rotatable bonds is 7. The molecule has 2 N–H and O–H groups in total. The van der Waals surface area contributed by atoms with E-state index >= 15 is 0 Å². The molecule has 5 heteroatoms. The van der Waals surface area contributed by atoms with Crippen LogP contribution < -0.4 is 15.2 Å². The second kappa shape index (κ2) is 7.01. The van der Waals surface area contributed by atoms with Crippen LogP contribution in [0.5, 0.6) is 11.5 Å². The Morgan fingerprint density at radius 3 is 2.64 bits per heavy atom. The highest BCUT2D eigenvalue weighted by molar-refractivity contribution is 5.80. The number of nitrogens with two attached hydrogens (primary N) is 1. The fourth-order valence-electron chi connectivity index (χ4n) is 2.98. The number of nitrogens with zero attached hydrogens (tertiary/aromatic N) is 2. The van der Waals surface area contributed by atoms with Gasteiger partial charge in [-0.1, -0.05) is 26.2 Å². The molecule has 3 rings (SSSR count). The predicted octanol–water partition coefficient (Wildman–Crippen LogP) is 2.89. The van der Waals surface area contributed by atoms with E-state index in [1.165, 1.54) is 25.7 Å². The van der Waals surface area contributed by atoms with Gasteiger partial charge in [-0.2, -0.15) is 0 Å². The third-order valence-corrected chi connectivity index (χ3v) is 4.09. The first-order valence-electron chi connectivity index (χ1n) is 8.32. The van der Waals surface area contributed by atoms with Crippen LogP contribution in [0, 0.1) is 0 Å². The summed E-state index contributed by atoms with van der Waals surface area (Å²) in [6.45, 7) is 5.05. The number of hydrogen-bond acceptors (Lipinski definition) is 4. The van der Waals surface area contributed by atoms with E-state index in [9.17, 15) is 0 Å². The Kier molecular flexibility index (Phi) is 4.83. The van der Waals surface area contributed by atoms with Crippen molar-refractivity contribution < 1.29 is 9.47 Å². The van der Waals surface area contributed by atoms with Gasteiger partial charge in [-0.15, -0.1) is 0 Å². The van der Waals surface area contributed by atoms with E-state index in [1.54, 1.807) is 0 Å². The number of hydrogen-bond donors (Lipinski definition) is 1. The second-order valence-corrected chi connectivity index (χ2v) is 5.76. The van der Waals surface area contributed by atoms with Crippen LogP contribution in [0.1, 0.15) is 38.4 Å². The van der Waals surface area contributed by atoms with Gasteiger partial charge in [0.05, 0.1) is 11.0 Å². The lowest BCUT2D eigenvalue weighted by atomic mass is 10.2. The monoisotopic (exact) mass is 303 g/mol. The zero-order valence-corrected chi connectivity index (χ0v) is 13.3. The van der Waals surface area contributed by atoms with Gasteiger partial charge in [0.1, 0.15) is 19.0 Å². The van der Waals surface area contributed by atoms with Crippen LogP contribution in [-0.4, -0.2) is 29.3 Å². The summed E-state index contributed by atoms with van der Waals surface area (Å²) in [4.78, 5) is 4.76. The summed E-state index contributed by atoms with van der Waals surface area (Å²) < 4.78 is 13.7. The zero-order chi connectivity index (χ0) is 15.4. The molecule has 0 amide bonds. The van der Waals surface area contributed by atoms with E-state index in [-0.39, 0.29) is 0 Å². The Labute approximate surface area is 131 Å². The Morgan fingerprint density at radius 1 is 1.14 bits per heavy atom. The molecule has 1 aromatic heterocycles. The van der Waals surface area contributed by atoms with Crippen LogP contribution in [-0.2, 0) is 13.0 Å². The molecule has 0 spiro atoms. The highest BCUT2D eigenvalue weighted by Crippen LogP contribution is 2.35. The molecule has 120 valence electrons. The fraction of sp³-hybridized carbons (Fsp3) is 0.588. The molecule has 22 heavy (non-hydrogen) atoms.